The quantitative estimate of drug-likeness (QED) is 0.692. The number of thioether (sulfide) groups is 1. The van der Waals surface area contributed by atoms with E-state index in [0.717, 1.165) is 26.6 Å². The lowest BCUT2D eigenvalue weighted by Crippen LogP contribution is -1.96. The van der Waals surface area contributed by atoms with Gasteiger partial charge in [0.15, 0.2) is 0 Å². The molecule has 1 heterocycles. The summed E-state index contributed by atoms with van der Waals surface area (Å²) in [6, 6.07) is 5.77. The van der Waals surface area contributed by atoms with E-state index in [9.17, 15) is 0 Å². The van der Waals surface area contributed by atoms with Crippen molar-refractivity contribution in [1.82, 2.24) is 20.2 Å². The van der Waals surface area contributed by atoms with Crippen LogP contribution in [0, 0.1) is 0 Å². The third-order valence-corrected chi connectivity index (χ3v) is 3.86. The summed E-state index contributed by atoms with van der Waals surface area (Å²) in [5.74, 6) is 0.738. The standard InChI is InChI=1S/C9H10BrN5S/c1-15-9(12-13-14-15)16-5-6-7(10)3-2-4-8(6)11/h2-4H,5,11H2,1H3. The first-order chi connectivity index (χ1) is 7.68. The van der Waals surface area contributed by atoms with Gasteiger partial charge in [-0.05, 0) is 28.1 Å². The second-order valence-electron chi connectivity index (χ2n) is 3.18. The van der Waals surface area contributed by atoms with Crippen molar-refractivity contribution in [1.29, 1.82) is 0 Å². The van der Waals surface area contributed by atoms with E-state index in [2.05, 4.69) is 31.5 Å². The molecule has 0 aliphatic carbocycles. The summed E-state index contributed by atoms with van der Waals surface area (Å²) in [5.41, 5.74) is 7.74. The van der Waals surface area contributed by atoms with E-state index in [1.54, 1.807) is 16.4 Å². The Morgan fingerprint density at radius 1 is 1.50 bits per heavy atom. The molecule has 0 amide bonds. The molecule has 7 heteroatoms. The van der Waals surface area contributed by atoms with E-state index >= 15 is 0 Å². The number of hydrogen-bond acceptors (Lipinski definition) is 5. The molecule has 5 nitrogen and oxygen atoms in total. The molecule has 2 aromatic rings. The SMILES string of the molecule is Cn1nnnc1SCc1c(N)cccc1Br. The maximum atomic E-state index is 5.90. The van der Waals surface area contributed by atoms with Crippen LogP contribution < -0.4 is 5.73 Å². The number of nitrogen functional groups attached to an aromatic ring is 1. The Balaban J connectivity index is 2.14. The second-order valence-corrected chi connectivity index (χ2v) is 4.98. The summed E-state index contributed by atoms with van der Waals surface area (Å²) >= 11 is 5.03. The van der Waals surface area contributed by atoms with Gasteiger partial charge < -0.3 is 5.73 Å². The normalized spacial score (nSPS) is 10.6. The highest BCUT2D eigenvalue weighted by atomic mass is 79.9. The number of hydrogen-bond donors (Lipinski definition) is 1. The Morgan fingerprint density at radius 3 is 2.94 bits per heavy atom. The monoisotopic (exact) mass is 299 g/mol. The highest BCUT2D eigenvalue weighted by Gasteiger charge is 2.08. The zero-order valence-corrected chi connectivity index (χ0v) is 11.0. The smallest absolute Gasteiger partial charge is 0.209 e. The number of nitrogens with two attached hydrogens (primary N) is 1. The van der Waals surface area contributed by atoms with Gasteiger partial charge in [-0.1, -0.05) is 33.8 Å². The first-order valence-electron chi connectivity index (χ1n) is 4.56. The zero-order chi connectivity index (χ0) is 11.5. The molecule has 1 aromatic heterocycles. The molecule has 0 bridgehead atoms. The summed E-state index contributed by atoms with van der Waals surface area (Å²) in [7, 11) is 1.81. The molecule has 0 aliphatic rings. The fourth-order valence-corrected chi connectivity index (χ4v) is 2.83. The van der Waals surface area contributed by atoms with Gasteiger partial charge in [0.25, 0.3) is 0 Å². The van der Waals surface area contributed by atoms with E-state index in [0.29, 0.717) is 0 Å². The molecule has 0 fully saturated rings. The van der Waals surface area contributed by atoms with Gasteiger partial charge in [-0.2, -0.15) is 0 Å². The van der Waals surface area contributed by atoms with Gasteiger partial charge in [0, 0.05) is 23.0 Å². The van der Waals surface area contributed by atoms with Crippen LogP contribution in [0.4, 0.5) is 5.69 Å². The maximum Gasteiger partial charge on any atom is 0.209 e. The number of aromatic nitrogens is 4. The first-order valence-corrected chi connectivity index (χ1v) is 6.34. The molecule has 1 aromatic carbocycles. The molecule has 0 saturated carbocycles. The molecule has 0 unspecified atom stereocenters. The van der Waals surface area contributed by atoms with Crippen molar-refractivity contribution >= 4 is 33.4 Å². The van der Waals surface area contributed by atoms with Crippen molar-refractivity contribution in [2.24, 2.45) is 7.05 Å². The number of halogens is 1. The lowest BCUT2D eigenvalue weighted by molar-refractivity contribution is 0.664. The third kappa shape index (κ3) is 2.35. The molecule has 0 aliphatic heterocycles. The van der Waals surface area contributed by atoms with Crippen molar-refractivity contribution in [2.75, 3.05) is 5.73 Å². The Morgan fingerprint density at radius 2 is 2.31 bits per heavy atom. The average molecular weight is 300 g/mol. The van der Waals surface area contributed by atoms with E-state index in [1.807, 2.05) is 25.2 Å². The first kappa shape index (κ1) is 11.4. The van der Waals surface area contributed by atoms with Gasteiger partial charge in [0.2, 0.25) is 5.16 Å². The van der Waals surface area contributed by atoms with E-state index in [-0.39, 0.29) is 0 Å². The molecular weight excluding hydrogens is 290 g/mol. The number of tetrazole rings is 1. The van der Waals surface area contributed by atoms with Crippen LogP contribution in [-0.4, -0.2) is 20.2 Å². The Hall–Kier alpha value is -1.08. The van der Waals surface area contributed by atoms with Gasteiger partial charge in [0.05, 0.1) is 0 Å². The molecule has 84 valence electrons. The second kappa shape index (κ2) is 4.84. The van der Waals surface area contributed by atoms with Crippen LogP contribution in [0.5, 0.6) is 0 Å². The summed E-state index contributed by atoms with van der Waals surface area (Å²) < 4.78 is 2.65. The highest BCUT2D eigenvalue weighted by molar-refractivity contribution is 9.10. The molecule has 0 spiro atoms. The summed E-state index contributed by atoms with van der Waals surface area (Å²) in [6.07, 6.45) is 0. The van der Waals surface area contributed by atoms with Gasteiger partial charge in [-0.3, -0.25) is 0 Å². The minimum Gasteiger partial charge on any atom is -0.398 e. The Kier molecular flexibility index (Phi) is 3.45. The minimum atomic E-state index is 0.738. The topological polar surface area (TPSA) is 69.6 Å². The number of nitrogens with zero attached hydrogens (tertiary/aromatic N) is 4. The molecule has 0 radical (unpaired) electrons. The van der Waals surface area contributed by atoms with Gasteiger partial charge >= 0.3 is 0 Å². The van der Waals surface area contributed by atoms with E-state index < -0.39 is 0 Å². The molecule has 0 saturated heterocycles. The predicted octanol–water partition coefficient (Wildman–Crippen LogP) is 1.85. The van der Waals surface area contributed by atoms with Crippen molar-refractivity contribution in [3.63, 3.8) is 0 Å². The minimum absolute atomic E-state index is 0.738. The van der Waals surface area contributed by atoms with E-state index in [1.165, 1.54) is 0 Å². The van der Waals surface area contributed by atoms with Crippen molar-refractivity contribution < 1.29 is 0 Å². The van der Waals surface area contributed by atoms with Crippen LogP contribution in [0.15, 0.2) is 27.8 Å². The maximum absolute atomic E-state index is 5.90. The molecule has 2 rings (SSSR count). The van der Waals surface area contributed by atoms with Crippen molar-refractivity contribution in [3.8, 4) is 0 Å². The lowest BCUT2D eigenvalue weighted by Gasteiger charge is -2.06. The van der Waals surface area contributed by atoms with Crippen LogP contribution in [0.25, 0.3) is 0 Å². The average Bonchev–Trinajstić information content (AvgIpc) is 2.64. The molecule has 16 heavy (non-hydrogen) atoms. The van der Waals surface area contributed by atoms with Gasteiger partial charge in [0.1, 0.15) is 0 Å². The zero-order valence-electron chi connectivity index (χ0n) is 8.59. The predicted molar refractivity (Wildman–Crippen MR) is 66.9 cm³/mol. The molecule has 2 N–H and O–H groups in total. The lowest BCUT2D eigenvalue weighted by atomic mass is 10.2. The Bertz CT molecular complexity index is 478. The van der Waals surface area contributed by atoms with Crippen LogP contribution in [-0.2, 0) is 12.8 Å². The van der Waals surface area contributed by atoms with Gasteiger partial charge in [-0.15, -0.1) is 5.10 Å². The van der Waals surface area contributed by atoms with Crippen molar-refractivity contribution in [2.45, 2.75) is 10.9 Å². The number of rotatable bonds is 3. The van der Waals surface area contributed by atoms with Crippen molar-refractivity contribution in [3.05, 3.63) is 28.2 Å². The summed E-state index contributed by atoms with van der Waals surface area (Å²) in [6.45, 7) is 0. The number of anilines is 1. The van der Waals surface area contributed by atoms with Crippen LogP contribution in [0.2, 0.25) is 0 Å². The Labute approximate surface area is 106 Å². The van der Waals surface area contributed by atoms with Crippen LogP contribution >= 0.6 is 27.7 Å². The highest BCUT2D eigenvalue weighted by Crippen LogP contribution is 2.29. The van der Waals surface area contributed by atoms with E-state index in [4.69, 9.17) is 5.73 Å². The fourth-order valence-electron chi connectivity index (χ4n) is 1.21. The summed E-state index contributed by atoms with van der Waals surface area (Å²) in [5, 5.41) is 12.0. The molecule has 0 atom stereocenters. The number of benzene rings is 1. The third-order valence-electron chi connectivity index (χ3n) is 2.08. The largest absolute Gasteiger partial charge is 0.398 e. The molecular formula is C9H10BrN5S. The summed E-state index contributed by atoms with van der Waals surface area (Å²) in [4.78, 5) is 0. The van der Waals surface area contributed by atoms with Crippen LogP contribution in [0.3, 0.4) is 0 Å². The fraction of sp³-hybridized carbons (Fsp3) is 0.222. The van der Waals surface area contributed by atoms with Crippen LogP contribution in [0.1, 0.15) is 5.56 Å². The number of aryl methyl sites for hydroxylation is 1. The van der Waals surface area contributed by atoms with Gasteiger partial charge in [-0.25, -0.2) is 4.68 Å².